The normalized spacial score (nSPS) is 13.5. The molecule has 4 nitrogen and oxygen atoms in total. The predicted molar refractivity (Wildman–Crippen MR) is 149 cm³/mol. The molecule has 0 fully saturated rings. The highest BCUT2D eigenvalue weighted by Crippen LogP contribution is 2.38. The summed E-state index contributed by atoms with van der Waals surface area (Å²) >= 11 is 0. The van der Waals surface area contributed by atoms with Crippen molar-refractivity contribution in [1.29, 1.82) is 0 Å². The number of aromatic nitrogens is 3. The van der Waals surface area contributed by atoms with Crippen LogP contribution >= 0.6 is 0 Å². The third kappa shape index (κ3) is 3.85. The van der Waals surface area contributed by atoms with Crippen molar-refractivity contribution >= 4 is 21.9 Å². The number of hydrogen-bond acceptors (Lipinski definition) is 4. The highest BCUT2D eigenvalue weighted by Gasteiger charge is 2.16. The minimum atomic E-state index is -0.327. The van der Waals surface area contributed by atoms with Gasteiger partial charge in [0.1, 0.15) is 11.2 Å². The molecule has 0 saturated carbocycles. The van der Waals surface area contributed by atoms with Gasteiger partial charge in [0.05, 0.1) is 8.22 Å². The van der Waals surface area contributed by atoms with Crippen LogP contribution in [0.2, 0.25) is 0 Å². The Kier molecular flexibility index (Phi) is 3.78. The van der Waals surface area contributed by atoms with Gasteiger partial charge in [0.25, 0.3) is 0 Å². The monoisotopic (exact) mass is 481 g/mol. The molecule has 0 radical (unpaired) electrons. The molecule has 4 heteroatoms. The Bertz CT molecular complexity index is 2130. The van der Waals surface area contributed by atoms with E-state index in [9.17, 15) is 1.37 Å². The van der Waals surface area contributed by atoms with E-state index in [1.807, 2.05) is 66.7 Å². The average molecular weight is 482 g/mol. The summed E-state index contributed by atoms with van der Waals surface area (Å²) < 4.78 is 59.2. The van der Waals surface area contributed by atoms with E-state index in [1.165, 1.54) is 0 Å². The first-order valence-corrected chi connectivity index (χ1v) is 11.7. The van der Waals surface area contributed by atoms with Crippen LogP contribution in [-0.2, 0) is 0 Å². The van der Waals surface area contributed by atoms with Crippen LogP contribution in [0.1, 0.15) is 8.22 Å². The van der Waals surface area contributed by atoms with E-state index >= 15 is 0 Å². The Morgan fingerprint density at radius 3 is 1.65 bits per heavy atom. The Morgan fingerprint density at radius 2 is 1.05 bits per heavy atom. The number of hydrogen-bond donors (Lipinski definition) is 0. The van der Waals surface area contributed by atoms with Crippen molar-refractivity contribution in [3.63, 3.8) is 0 Å². The molecule has 0 N–H and O–H groups in total. The molecule has 37 heavy (non-hydrogen) atoms. The van der Waals surface area contributed by atoms with Crippen molar-refractivity contribution in [2.24, 2.45) is 0 Å². The van der Waals surface area contributed by atoms with E-state index in [-0.39, 0.29) is 69.6 Å². The lowest BCUT2D eigenvalue weighted by Crippen LogP contribution is -2.00. The van der Waals surface area contributed by atoms with Crippen molar-refractivity contribution in [2.45, 2.75) is 0 Å². The number of nitrogens with zero attached hydrogens (tertiary/aromatic N) is 3. The zero-order valence-corrected chi connectivity index (χ0v) is 19.4. The summed E-state index contributed by atoms with van der Waals surface area (Å²) in [5.41, 5.74) is 2.28. The minimum Gasteiger partial charge on any atom is -0.456 e. The Labute approximate surface area is 222 Å². The van der Waals surface area contributed by atoms with Gasteiger partial charge in [-0.25, -0.2) is 15.0 Å². The largest absolute Gasteiger partial charge is 0.456 e. The third-order valence-electron chi connectivity index (χ3n) is 6.06. The fraction of sp³-hybridized carbons (Fsp3) is 0. The molecule has 0 saturated heterocycles. The van der Waals surface area contributed by atoms with Crippen LogP contribution in [0.3, 0.4) is 0 Å². The van der Waals surface area contributed by atoms with E-state index < -0.39 is 0 Å². The summed E-state index contributed by atoms with van der Waals surface area (Å²) in [6.07, 6.45) is 0. The summed E-state index contributed by atoms with van der Waals surface area (Å²) in [6, 6.07) is 26.0. The van der Waals surface area contributed by atoms with Crippen molar-refractivity contribution in [2.75, 3.05) is 0 Å². The molecule has 0 aliphatic carbocycles. The quantitative estimate of drug-likeness (QED) is 0.253. The zero-order chi connectivity index (χ0) is 29.8. The van der Waals surface area contributed by atoms with Gasteiger partial charge >= 0.3 is 0 Å². The SMILES string of the molecule is [2H]c1c([2H])c(-c2ccccc2)c2c(oc3c([2H])c(-c4nc(-c5ccccc5)nc(-c5ccccc5)n4)c([2H])c([2H])c32)c1[2H]. The predicted octanol–water partition coefficient (Wildman–Crippen LogP) is 8.44. The molecule has 0 amide bonds. The zero-order valence-electron chi connectivity index (χ0n) is 25.4. The van der Waals surface area contributed by atoms with Crippen molar-refractivity contribution < 1.29 is 12.6 Å². The average Bonchev–Trinajstić information content (AvgIpc) is 3.45. The second-order valence-electron chi connectivity index (χ2n) is 8.41. The van der Waals surface area contributed by atoms with E-state index in [0.717, 1.165) is 11.1 Å². The molecule has 5 aromatic carbocycles. The molecule has 0 bridgehead atoms. The highest BCUT2D eigenvalue weighted by molar-refractivity contribution is 6.12. The van der Waals surface area contributed by atoms with Gasteiger partial charge in [0.15, 0.2) is 17.5 Å². The molecule has 7 aromatic rings. The fourth-order valence-corrected chi connectivity index (χ4v) is 4.30. The standard InChI is InChI=1S/C33H21N3O/c1-4-11-22(12-5-1)26-17-10-18-28-30(26)27-20-19-25(21-29(27)37-28)33-35-31(23-13-6-2-7-14-23)34-32(36-33)24-15-8-3-9-16-24/h1-21H/i10D,17D,18D,19D,20D,21D. The second kappa shape index (κ2) is 8.85. The van der Waals surface area contributed by atoms with Crippen molar-refractivity contribution in [3.05, 3.63) is 127 Å². The highest BCUT2D eigenvalue weighted by atomic mass is 16.3. The molecule has 2 aromatic heterocycles. The van der Waals surface area contributed by atoms with Gasteiger partial charge in [-0.15, -0.1) is 0 Å². The maximum Gasteiger partial charge on any atom is 0.164 e. The molecule has 0 aliphatic heterocycles. The lowest BCUT2D eigenvalue weighted by Gasteiger charge is -2.08. The fourth-order valence-electron chi connectivity index (χ4n) is 4.30. The maximum absolute atomic E-state index is 9.20. The lowest BCUT2D eigenvalue weighted by atomic mass is 9.99. The lowest BCUT2D eigenvalue weighted by molar-refractivity contribution is 0.669. The molecule has 7 rings (SSSR count). The first kappa shape index (κ1) is 15.8. The van der Waals surface area contributed by atoms with E-state index in [2.05, 4.69) is 15.0 Å². The van der Waals surface area contributed by atoms with Crippen LogP contribution in [-0.4, -0.2) is 15.0 Å². The molecule has 174 valence electrons. The topological polar surface area (TPSA) is 51.8 Å². The van der Waals surface area contributed by atoms with Crippen LogP contribution in [0, 0.1) is 0 Å². The second-order valence-corrected chi connectivity index (χ2v) is 8.41. The Balaban J connectivity index is 1.57. The molecule has 0 unspecified atom stereocenters. The smallest absolute Gasteiger partial charge is 0.164 e. The number of benzene rings is 5. The molecular weight excluding hydrogens is 454 g/mol. The van der Waals surface area contributed by atoms with Crippen LogP contribution in [0.15, 0.2) is 132 Å². The number of fused-ring (bicyclic) bond motifs is 3. The van der Waals surface area contributed by atoms with Gasteiger partial charge < -0.3 is 4.42 Å². The summed E-state index contributed by atoms with van der Waals surface area (Å²) in [5.74, 6) is 0.726. The Hall–Kier alpha value is -5.09. The molecular formula is C33H21N3O. The first-order valence-electron chi connectivity index (χ1n) is 14.7. The van der Waals surface area contributed by atoms with Gasteiger partial charge in [0.2, 0.25) is 0 Å². The third-order valence-corrected chi connectivity index (χ3v) is 6.06. The van der Waals surface area contributed by atoms with E-state index in [0.29, 0.717) is 22.8 Å². The number of rotatable bonds is 4. The van der Waals surface area contributed by atoms with E-state index in [4.69, 9.17) is 11.3 Å². The van der Waals surface area contributed by atoms with Crippen LogP contribution in [0.4, 0.5) is 0 Å². The van der Waals surface area contributed by atoms with Crippen molar-refractivity contribution in [3.8, 4) is 45.3 Å². The summed E-state index contributed by atoms with van der Waals surface area (Å²) in [6.45, 7) is 0. The van der Waals surface area contributed by atoms with Gasteiger partial charge in [-0.1, -0.05) is 109 Å². The Morgan fingerprint density at radius 1 is 0.514 bits per heavy atom. The number of furan rings is 1. The van der Waals surface area contributed by atoms with Crippen LogP contribution < -0.4 is 0 Å². The summed E-state index contributed by atoms with van der Waals surface area (Å²) in [5, 5.41) is 0.395. The van der Waals surface area contributed by atoms with Gasteiger partial charge in [-0.2, -0.15) is 0 Å². The minimum absolute atomic E-state index is 0.0148. The summed E-state index contributed by atoms with van der Waals surface area (Å²) in [7, 11) is 0. The van der Waals surface area contributed by atoms with Gasteiger partial charge in [-0.05, 0) is 29.3 Å². The summed E-state index contributed by atoms with van der Waals surface area (Å²) in [4.78, 5) is 14.0. The first-order chi connectivity index (χ1) is 20.8. The molecule has 0 atom stereocenters. The maximum atomic E-state index is 9.20. The van der Waals surface area contributed by atoms with E-state index in [1.54, 1.807) is 24.3 Å². The molecule has 0 aliphatic rings. The molecule has 0 spiro atoms. The van der Waals surface area contributed by atoms with Crippen LogP contribution in [0.25, 0.3) is 67.2 Å². The molecule has 2 heterocycles. The van der Waals surface area contributed by atoms with Crippen molar-refractivity contribution in [1.82, 2.24) is 15.0 Å². The van der Waals surface area contributed by atoms with Crippen LogP contribution in [0.5, 0.6) is 0 Å². The van der Waals surface area contributed by atoms with Gasteiger partial charge in [0, 0.05) is 27.5 Å². The van der Waals surface area contributed by atoms with Gasteiger partial charge in [-0.3, -0.25) is 0 Å².